The van der Waals surface area contributed by atoms with Crippen LogP contribution in [0, 0.1) is 11.3 Å². The Bertz CT molecular complexity index is 823. The van der Waals surface area contributed by atoms with Gasteiger partial charge < -0.3 is 18.9 Å². The van der Waals surface area contributed by atoms with Gasteiger partial charge in [-0.1, -0.05) is 24.3 Å². The predicted octanol–water partition coefficient (Wildman–Crippen LogP) is 3.36. The summed E-state index contributed by atoms with van der Waals surface area (Å²) >= 11 is 0. The van der Waals surface area contributed by atoms with Crippen LogP contribution < -0.4 is 14.2 Å². The Labute approximate surface area is 152 Å². The summed E-state index contributed by atoms with van der Waals surface area (Å²) in [5.74, 6) is 1.14. The molecule has 6 nitrogen and oxygen atoms in total. The zero-order valence-electron chi connectivity index (χ0n) is 14.6. The third-order valence-electron chi connectivity index (χ3n) is 3.45. The molecular weight excluding hydrogens is 334 g/mol. The molecule has 2 aromatic carbocycles. The van der Waals surface area contributed by atoms with Gasteiger partial charge in [0.15, 0.2) is 18.1 Å². The molecule has 0 heterocycles. The molecule has 0 fully saturated rings. The number of ether oxygens (including phenoxy) is 4. The van der Waals surface area contributed by atoms with Gasteiger partial charge in [0.05, 0.1) is 14.2 Å². The lowest BCUT2D eigenvalue weighted by atomic mass is 10.2. The molecule has 0 aromatic heterocycles. The number of carbonyl (C=O) groups excluding carboxylic acids is 1. The van der Waals surface area contributed by atoms with E-state index in [4.69, 9.17) is 24.2 Å². The second-order valence-electron chi connectivity index (χ2n) is 5.11. The molecule has 0 amide bonds. The Hall–Kier alpha value is -3.46. The van der Waals surface area contributed by atoms with Crippen molar-refractivity contribution in [2.24, 2.45) is 0 Å². The number of carbonyl (C=O) groups is 1. The van der Waals surface area contributed by atoms with Gasteiger partial charge in [-0.3, -0.25) is 0 Å². The first-order valence-electron chi connectivity index (χ1n) is 7.82. The summed E-state index contributed by atoms with van der Waals surface area (Å²) in [6.07, 6.45) is 2.95. The van der Waals surface area contributed by atoms with Crippen molar-refractivity contribution in [3.63, 3.8) is 0 Å². The minimum Gasteiger partial charge on any atom is -0.496 e. The fourth-order valence-corrected chi connectivity index (χ4v) is 2.20. The lowest BCUT2D eigenvalue weighted by Crippen LogP contribution is -2.02. The van der Waals surface area contributed by atoms with Crippen molar-refractivity contribution in [2.45, 2.75) is 6.61 Å². The second kappa shape index (κ2) is 9.74. The fourth-order valence-electron chi connectivity index (χ4n) is 2.20. The third-order valence-corrected chi connectivity index (χ3v) is 3.45. The van der Waals surface area contributed by atoms with Crippen LogP contribution in [0.15, 0.2) is 48.5 Å². The molecule has 0 aliphatic rings. The summed E-state index contributed by atoms with van der Waals surface area (Å²) in [4.78, 5) is 11.9. The summed E-state index contributed by atoms with van der Waals surface area (Å²) in [5, 5.41) is 8.57. The van der Waals surface area contributed by atoms with Gasteiger partial charge in [-0.05, 0) is 29.8 Å². The molecule has 0 atom stereocenters. The van der Waals surface area contributed by atoms with E-state index in [1.807, 2.05) is 24.3 Å². The normalized spacial score (nSPS) is 10.2. The Morgan fingerprint density at radius 2 is 1.85 bits per heavy atom. The van der Waals surface area contributed by atoms with Crippen molar-refractivity contribution < 1.29 is 23.7 Å². The molecule has 0 aliphatic carbocycles. The van der Waals surface area contributed by atoms with Crippen molar-refractivity contribution in [1.29, 1.82) is 5.26 Å². The highest BCUT2D eigenvalue weighted by molar-refractivity contribution is 5.87. The maximum Gasteiger partial charge on any atom is 0.331 e. The van der Waals surface area contributed by atoms with E-state index < -0.39 is 5.97 Å². The van der Waals surface area contributed by atoms with Crippen LogP contribution in [0.5, 0.6) is 17.2 Å². The van der Waals surface area contributed by atoms with E-state index in [9.17, 15) is 4.79 Å². The molecule has 26 heavy (non-hydrogen) atoms. The minimum absolute atomic E-state index is 0.0686. The molecule has 0 bridgehead atoms. The largest absolute Gasteiger partial charge is 0.496 e. The standard InChI is InChI=1S/C20H19NO5/c1-23-17-6-4-3-5-16(17)14-26-20(22)10-8-15-7-9-18(25-12-11-21)19(13-15)24-2/h3-10,13H,12,14H2,1-2H3. The Kier molecular flexibility index (Phi) is 7.07. The van der Waals surface area contributed by atoms with Crippen LogP contribution in [0.1, 0.15) is 11.1 Å². The number of benzene rings is 2. The maximum absolute atomic E-state index is 11.9. The van der Waals surface area contributed by atoms with Crippen molar-refractivity contribution in [3.8, 4) is 23.3 Å². The monoisotopic (exact) mass is 353 g/mol. The molecule has 0 aliphatic heterocycles. The first kappa shape index (κ1) is 18.9. The van der Waals surface area contributed by atoms with E-state index >= 15 is 0 Å². The van der Waals surface area contributed by atoms with Gasteiger partial charge in [0, 0.05) is 11.6 Å². The molecule has 134 valence electrons. The van der Waals surface area contributed by atoms with Gasteiger partial charge in [-0.15, -0.1) is 0 Å². The maximum atomic E-state index is 11.9. The molecule has 2 aromatic rings. The van der Waals surface area contributed by atoms with Gasteiger partial charge in [0.25, 0.3) is 0 Å². The van der Waals surface area contributed by atoms with Gasteiger partial charge in [-0.2, -0.15) is 5.26 Å². The Morgan fingerprint density at radius 3 is 2.58 bits per heavy atom. The van der Waals surface area contributed by atoms with Crippen molar-refractivity contribution in [2.75, 3.05) is 20.8 Å². The molecule has 0 saturated heterocycles. The fraction of sp³-hybridized carbons (Fsp3) is 0.200. The lowest BCUT2D eigenvalue weighted by molar-refractivity contribution is -0.138. The van der Waals surface area contributed by atoms with E-state index in [0.29, 0.717) is 17.2 Å². The van der Waals surface area contributed by atoms with Crippen LogP contribution in [0.3, 0.4) is 0 Å². The zero-order chi connectivity index (χ0) is 18.8. The average Bonchev–Trinajstić information content (AvgIpc) is 2.69. The number of nitriles is 1. The molecule has 0 radical (unpaired) electrons. The number of rotatable bonds is 8. The van der Waals surface area contributed by atoms with Crippen LogP contribution in [-0.4, -0.2) is 26.8 Å². The highest BCUT2D eigenvalue weighted by Crippen LogP contribution is 2.28. The van der Waals surface area contributed by atoms with E-state index in [2.05, 4.69) is 0 Å². The molecule has 0 saturated carbocycles. The van der Waals surface area contributed by atoms with E-state index in [-0.39, 0.29) is 13.2 Å². The minimum atomic E-state index is -0.473. The van der Waals surface area contributed by atoms with Gasteiger partial charge in [-0.25, -0.2) is 4.79 Å². The Balaban J connectivity index is 1.98. The van der Waals surface area contributed by atoms with Crippen LogP contribution in [0.2, 0.25) is 0 Å². The number of methoxy groups -OCH3 is 2. The Morgan fingerprint density at radius 1 is 1.08 bits per heavy atom. The second-order valence-corrected chi connectivity index (χ2v) is 5.11. The highest BCUT2D eigenvalue weighted by atomic mass is 16.5. The number of nitrogens with zero attached hydrogens (tertiary/aromatic N) is 1. The smallest absolute Gasteiger partial charge is 0.331 e. The van der Waals surface area contributed by atoms with Crippen LogP contribution in [-0.2, 0) is 16.1 Å². The summed E-state index contributed by atoms with van der Waals surface area (Å²) < 4.78 is 20.9. The molecule has 6 heteroatoms. The van der Waals surface area contributed by atoms with Gasteiger partial charge >= 0.3 is 5.97 Å². The van der Waals surface area contributed by atoms with Crippen LogP contribution in [0.25, 0.3) is 6.08 Å². The molecule has 2 rings (SSSR count). The SMILES string of the molecule is COc1ccccc1COC(=O)C=Cc1ccc(OCC#N)c(OC)c1. The molecular formula is C20H19NO5. The predicted molar refractivity (Wildman–Crippen MR) is 95.9 cm³/mol. The quantitative estimate of drug-likeness (QED) is 0.535. The van der Waals surface area contributed by atoms with Crippen molar-refractivity contribution in [3.05, 3.63) is 59.7 Å². The first-order chi connectivity index (χ1) is 12.7. The summed E-state index contributed by atoms with van der Waals surface area (Å²) in [5.41, 5.74) is 1.53. The first-order valence-corrected chi connectivity index (χ1v) is 7.82. The van der Waals surface area contributed by atoms with Crippen molar-refractivity contribution >= 4 is 12.0 Å². The van der Waals surface area contributed by atoms with Crippen LogP contribution in [0.4, 0.5) is 0 Å². The number of hydrogen-bond acceptors (Lipinski definition) is 6. The van der Waals surface area contributed by atoms with Crippen molar-refractivity contribution in [1.82, 2.24) is 0 Å². The van der Waals surface area contributed by atoms with E-state index in [1.165, 1.54) is 13.2 Å². The summed E-state index contributed by atoms with van der Waals surface area (Å²) in [6, 6.07) is 14.4. The van der Waals surface area contributed by atoms with Crippen LogP contribution >= 0.6 is 0 Å². The number of para-hydroxylation sites is 1. The van der Waals surface area contributed by atoms with Gasteiger partial charge in [0.2, 0.25) is 0 Å². The van der Waals surface area contributed by atoms with E-state index in [0.717, 1.165) is 11.1 Å². The molecule has 0 unspecified atom stereocenters. The number of hydrogen-bond donors (Lipinski definition) is 0. The lowest BCUT2D eigenvalue weighted by Gasteiger charge is -2.09. The van der Waals surface area contributed by atoms with E-state index in [1.54, 1.807) is 37.5 Å². The molecule has 0 spiro atoms. The third kappa shape index (κ3) is 5.28. The van der Waals surface area contributed by atoms with Gasteiger partial charge in [0.1, 0.15) is 18.4 Å². The topological polar surface area (TPSA) is 77.8 Å². The highest BCUT2D eigenvalue weighted by Gasteiger charge is 2.06. The summed E-state index contributed by atoms with van der Waals surface area (Å²) in [6.45, 7) is 0.0538. The average molecular weight is 353 g/mol. The zero-order valence-corrected chi connectivity index (χ0v) is 14.6. The summed E-state index contributed by atoms with van der Waals surface area (Å²) in [7, 11) is 3.07. The molecule has 0 N–H and O–H groups in total. The number of esters is 1.